The molecule has 1 heterocycles. The molecule has 6 heteroatoms. The smallest absolute Gasteiger partial charge is 0.191 e. The Labute approximate surface area is 160 Å². The zero-order valence-corrected chi connectivity index (χ0v) is 15.8. The number of aliphatic imine (C=N–C) groups is 1. The summed E-state index contributed by atoms with van der Waals surface area (Å²) in [5.74, 6) is 0.613. The number of rotatable bonds is 5. The van der Waals surface area contributed by atoms with Gasteiger partial charge in [0.25, 0.3) is 0 Å². The number of hydrogen-bond acceptors (Lipinski definition) is 3. The maximum atomic E-state index is 6.20. The normalized spacial score (nSPS) is 15.4. The highest BCUT2D eigenvalue weighted by Gasteiger charge is 2.18. The van der Waals surface area contributed by atoms with Gasteiger partial charge in [-0.3, -0.25) is 0 Å². The predicted molar refractivity (Wildman–Crippen MR) is 108 cm³/mol. The lowest BCUT2D eigenvalue weighted by atomic mass is 10.1. The highest BCUT2D eigenvalue weighted by Crippen LogP contribution is 2.19. The second-order valence-corrected chi connectivity index (χ2v) is 6.81. The lowest BCUT2D eigenvalue weighted by Crippen LogP contribution is -2.51. The Morgan fingerprint density at radius 1 is 1.00 bits per heavy atom. The van der Waals surface area contributed by atoms with Crippen LogP contribution in [0.25, 0.3) is 0 Å². The molecule has 2 aromatic carbocycles. The van der Waals surface area contributed by atoms with Gasteiger partial charge in [0.05, 0.1) is 13.2 Å². The van der Waals surface area contributed by atoms with Crippen molar-refractivity contribution in [3.05, 3.63) is 64.7 Å². The minimum Gasteiger partial charge on any atom is -0.380 e. The van der Waals surface area contributed by atoms with Crippen molar-refractivity contribution in [1.82, 2.24) is 4.90 Å². The van der Waals surface area contributed by atoms with Crippen molar-refractivity contribution >= 4 is 23.2 Å². The number of piperazine rings is 1. The van der Waals surface area contributed by atoms with Crippen LogP contribution in [0.3, 0.4) is 0 Å². The van der Waals surface area contributed by atoms with E-state index in [0.29, 0.717) is 19.1 Å². The minimum atomic E-state index is 0.594. The number of halogens is 1. The average Bonchev–Trinajstić information content (AvgIpc) is 2.68. The molecule has 1 aliphatic heterocycles. The summed E-state index contributed by atoms with van der Waals surface area (Å²) in [4.78, 5) is 9.04. The number of anilines is 1. The molecule has 2 aromatic rings. The first-order chi connectivity index (χ1) is 12.7. The summed E-state index contributed by atoms with van der Waals surface area (Å²) in [7, 11) is 1.70. The molecule has 1 saturated heterocycles. The first-order valence-corrected chi connectivity index (χ1v) is 9.15. The van der Waals surface area contributed by atoms with E-state index in [0.717, 1.165) is 42.3 Å². The quantitative estimate of drug-likeness (QED) is 0.647. The molecule has 5 nitrogen and oxygen atoms in total. The summed E-state index contributed by atoms with van der Waals surface area (Å²) < 4.78 is 5.13. The molecule has 1 aliphatic rings. The molecule has 0 unspecified atom stereocenters. The fourth-order valence-corrected chi connectivity index (χ4v) is 3.15. The van der Waals surface area contributed by atoms with Gasteiger partial charge in [-0.1, -0.05) is 35.9 Å². The molecule has 0 atom stereocenters. The molecule has 0 amide bonds. The van der Waals surface area contributed by atoms with Crippen LogP contribution < -0.4 is 10.6 Å². The SMILES string of the molecule is COCc1ccc(CN=C(N)N2CCN(c3ccc(Cl)cc3)CC2)cc1. The number of benzene rings is 2. The second-order valence-electron chi connectivity index (χ2n) is 6.37. The van der Waals surface area contributed by atoms with Crippen molar-refractivity contribution in [1.29, 1.82) is 0 Å². The lowest BCUT2D eigenvalue weighted by Gasteiger charge is -2.36. The van der Waals surface area contributed by atoms with Crippen molar-refractivity contribution in [2.45, 2.75) is 13.2 Å². The molecular weight excluding hydrogens is 348 g/mol. The Morgan fingerprint density at radius 3 is 2.23 bits per heavy atom. The number of ether oxygens (including phenoxy) is 1. The summed E-state index contributed by atoms with van der Waals surface area (Å²) in [5, 5.41) is 0.763. The Morgan fingerprint density at radius 2 is 1.62 bits per heavy atom. The van der Waals surface area contributed by atoms with E-state index >= 15 is 0 Å². The molecule has 2 N–H and O–H groups in total. The van der Waals surface area contributed by atoms with Crippen LogP contribution in [0.4, 0.5) is 5.69 Å². The fourth-order valence-electron chi connectivity index (χ4n) is 3.03. The van der Waals surface area contributed by atoms with Crippen molar-refractivity contribution < 1.29 is 4.74 Å². The van der Waals surface area contributed by atoms with Crippen LogP contribution in [0.5, 0.6) is 0 Å². The highest BCUT2D eigenvalue weighted by molar-refractivity contribution is 6.30. The first kappa shape index (κ1) is 18.5. The van der Waals surface area contributed by atoms with Gasteiger partial charge in [0, 0.05) is 44.0 Å². The topological polar surface area (TPSA) is 54.1 Å². The third-order valence-electron chi connectivity index (χ3n) is 4.55. The average molecular weight is 373 g/mol. The minimum absolute atomic E-state index is 0.594. The van der Waals surface area contributed by atoms with E-state index in [1.165, 1.54) is 5.69 Å². The summed E-state index contributed by atoms with van der Waals surface area (Å²) in [5.41, 5.74) is 9.70. The predicted octanol–water partition coefficient (Wildman–Crippen LogP) is 3.12. The van der Waals surface area contributed by atoms with Crippen molar-refractivity contribution in [2.24, 2.45) is 10.7 Å². The molecule has 3 rings (SSSR count). The van der Waals surface area contributed by atoms with Gasteiger partial charge in [-0.15, -0.1) is 0 Å². The van der Waals surface area contributed by atoms with Crippen LogP contribution in [0.1, 0.15) is 11.1 Å². The standard InChI is InChI=1S/C20H25ClN4O/c1-26-15-17-4-2-16(3-5-17)14-23-20(22)25-12-10-24(11-13-25)19-8-6-18(21)7-9-19/h2-9H,10-15H2,1H3,(H2,22,23). The van der Waals surface area contributed by atoms with Gasteiger partial charge in [-0.05, 0) is 35.4 Å². The molecule has 0 radical (unpaired) electrons. The highest BCUT2D eigenvalue weighted by atomic mass is 35.5. The Balaban J connectivity index is 1.51. The Kier molecular flexibility index (Phi) is 6.36. The summed E-state index contributed by atoms with van der Waals surface area (Å²) in [6, 6.07) is 16.2. The van der Waals surface area contributed by atoms with E-state index in [1.54, 1.807) is 7.11 Å². The van der Waals surface area contributed by atoms with Crippen LogP contribution in [0.2, 0.25) is 5.02 Å². The second kappa shape index (κ2) is 8.92. The van der Waals surface area contributed by atoms with Gasteiger partial charge in [-0.2, -0.15) is 0 Å². The third kappa shape index (κ3) is 4.90. The van der Waals surface area contributed by atoms with Gasteiger partial charge in [0.2, 0.25) is 0 Å². The monoisotopic (exact) mass is 372 g/mol. The summed E-state index contributed by atoms with van der Waals surface area (Å²) in [6.45, 7) is 4.79. The first-order valence-electron chi connectivity index (χ1n) is 8.78. The number of hydrogen-bond donors (Lipinski definition) is 1. The molecule has 1 fully saturated rings. The largest absolute Gasteiger partial charge is 0.380 e. The van der Waals surface area contributed by atoms with Gasteiger partial charge in [0.15, 0.2) is 5.96 Å². The molecule has 26 heavy (non-hydrogen) atoms. The molecule has 0 bridgehead atoms. The Hall–Kier alpha value is -2.24. The molecular formula is C20H25ClN4O. The fraction of sp³-hybridized carbons (Fsp3) is 0.350. The summed E-state index contributed by atoms with van der Waals surface area (Å²) in [6.07, 6.45) is 0. The van der Waals surface area contributed by atoms with Crippen molar-refractivity contribution in [3.63, 3.8) is 0 Å². The van der Waals surface area contributed by atoms with Gasteiger partial charge >= 0.3 is 0 Å². The lowest BCUT2D eigenvalue weighted by molar-refractivity contribution is 0.185. The maximum Gasteiger partial charge on any atom is 0.191 e. The van der Waals surface area contributed by atoms with E-state index in [4.69, 9.17) is 22.1 Å². The van der Waals surface area contributed by atoms with Gasteiger partial charge < -0.3 is 20.3 Å². The number of nitrogens with two attached hydrogens (primary N) is 1. The molecule has 0 spiro atoms. The maximum absolute atomic E-state index is 6.20. The van der Waals surface area contributed by atoms with Crippen molar-refractivity contribution in [3.8, 4) is 0 Å². The molecule has 0 aliphatic carbocycles. The molecule has 0 aromatic heterocycles. The van der Waals surface area contributed by atoms with Crippen LogP contribution in [-0.2, 0) is 17.9 Å². The zero-order valence-electron chi connectivity index (χ0n) is 15.1. The van der Waals surface area contributed by atoms with Crippen LogP contribution in [0.15, 0.2) is 53.5 Å². The molecule has 0 saturated carbocycles. The number of guanidine groups is 1. The van der Waals surface area contributed by atoms with E-state index in [9.17, 15) is 0 Å². The van der Waals surface area contributed by atoms with Crippen LogP contribution in [-0.4, -0.2) is 44.1 Å². The van der Waals surface area contributed by atoms with Crippen LogP contribution in [0, 0.1) is 0 Å². The van der Waals surface area contributed by atoms with E-state index in [1.807, 2.05) is 12.1 Å². The van der Waals surface area contributed by atoms with Gasteiger partial charge in [0.1, 0.15) is 0 Å². The van der Waals surface area contributed by atoms with E-state index < -0.39 is 0 Å². The van der Waals surface area contributed by atoms with Crippen molar-refractivity contribution in [2.75, 3.05) is 38.2 Å². The summed E-state index contributed by atoms with van der Waals surface area (Å²) >= 11 is 5.96. The number of nitrogens with zero attached hydrogens (tertiary/aromatic N) is 3. The third-order valence-corrected chi connectivity index (χ3v) is 4.81. The van der Waals surface area contributed by atoms with Gasteiger partial charge in [-0.25, -0.2) is 4.99 Å². The zero-order chi connectivity index (χ0) is 18.4. The van der Waals surface area contributed by atoms with E-state index in [-0.39, 0.29) is 0 Å². The van der Waals surface area contributed by atoms with Crippen LogP contribution >= 0.6 is 11.6 Å². The molecule has 138 valence electrons. The number of methoxy groups -OCH3 is 1. The van der Waals surface area contributed by atoms with E-state index in [2.05, 4.69) is 51.2 Å². The Bertz CT molecular complexity index is 722.